The molecule has 0 amide bonds. The van der Waals surface area contributed by atoms with Gasteiger partial charge in [-0.15, -0.1) is 0 Å². The van der Waals surface area contributed by atoms with Gasteiger partial charge in [0.1, 0.15) is 6.54 Å². The van der Waals surface area contributed by atoms with Gasteiger partial charge >= 0.3 is 5.97 Å². The van der Waals surface area contributed by atoms with Crippen molar-refractivity contribution >= 4 is 33.3 Å². The predicted molar refractivity (Wildman–Crippen MR) is 81.6 cm³/mol. The molecule has 0 fully saturated rings. The highest BCUT2D eigenvalue weighted by Crippen LogP contribution is 2.28. The zero-order valence-corrected chi connectivity index (χ0v) is 14.0. The number of methoxy groups -OCH3 is 1. The standard InChI is InChI=1S/C13H19ClN2O4S/c1-8(2)16(7-13(17)20-4)21(18,19)10-5-11(14)9(3)12(15)6-10/h5-6,8H,7,15H2,1-4H3. The van der Waals surface area contributed by atoms with Crippen LogP contribution in [-0.2, 0) is 19.6 Å². The normalized spacial score (nSPS) is 12.0. The molecular formula is C13H19ClN2O4S. The Balaban J connectivity index is 3.33. The molecular weight excluding hydrogens is 316 g/mol. The number of ether oxygens (including phenoxy) is 1. The Morgan fingerprint density at radius 2 is 2.00 bits per heavy atom. The first-order valence-corrected chi connectivity index (χ1v) is 8.07. The number of nitrogen functional groups attached to an aromatic ring is 1. The van der Waals surface area contributed by atoms with Crippen LogP contribution in [0.2, 0.25) is 5.02 Å². The molecule has 0 saturated carbocycles. The summed E-state index contributed by atoms with van der Waals surface area (Å²) in [4.78, 5) is 11.4. The molecule has 0 unspecified atom stereocenters. The topological polar surface area (TPSA) is 89.7 Å². The van der Waals surface area contributed by atoms with Crippen molar-refractivity contribution in [1.82, 2.24) is 4.31 Å². The maximum absolute atomic E-state index is 12.6. The molecule has 0 spiro atoms. The number of nitrogens with zero attached hydrogens (tertiary/aromatic N) is 1. The van der Waals surface area contributed by atoms with Gasteiger partial charge in [-0.05, 0) is 38.5 Å². The lowest BCUT2D eigenvalue weighted by atomic mass is 10.2. The van der Waals surface area contributed by atoms with E-state index in [1.54, 1.807) is 20.8 Å². The molecule has 8 heteroatoms. The minimum absolute atomic E-state index is 0.0480. The lowest BCUT2D eigenvalue weighted by Gasteiger charge is -2.25. The number of halogens is 1. The Labute approximate surface area is 129 Å². The SMILES string of the molecule is COC(=O)CN(C(C)C)S(=O)(=O)c1cc(N)c(C)c(Cl)c1. The highest BCUT2D eigenvalue weighted by molar-refractivity contribution is 7.89. The van der Waals surface area contributed by atoms with Gasteiger partial charge in [0.25, 0.3) is 0 Å². The number of sulfonamides is 1. The van der Waals surface area contributed by atoms with E-state index >= 15 is 0 Å². The summed E-state index contributed by atoms with van der Waals surface area (Å²) in [5, 5.41) is 0.260. The maximum Gasteiger partial charge on any atom is 0.321 e. The third-order valence-corrected chi connectivity index (χ3v) is 5.45. The quantitative estimate of drug-likeness (QED) is 0.655. The van der Waals surface area contributed by atoms with Crippen molar-refractivity contribution in [2.24, 2.45) is 0 Å². The highest BCUT2D eigenvalue weighted by atomic mass is 35.5. The summed E-state index contributed by atoms with van der Waals surface area (Å²) in [5.74, 6) is -0.640. The van der Waals surface area contributed by atoms with Gasteiger partial charge in [0.05, 0.1) is 12.0 Å². The average Bonchev–Trinajstić information content (AvgIpc) is 2.40. The zero-order valence-electron chi connectivity index (χ0n) is 12.4. The molecule has 118 valence electrons. The molecule has 0 aliphatic heterocycles. The fourth-order valence-corrected chi connectivity index (χ4v) is 3.63. The first-order valence-electron chi connectivity index (χ1n) is 6.25. The van der Waals surface area contributed by atoms with Crippen molar-refractivity contribution in [3.63, 3.8) is 0 Å². The van der Waals surface area contributed by atoms with Crippen LogP contribution >= 0.6 is 11.6 Å². The van der Waals surface area contributed by atoms with Gasteiger partial charge in [-0.1, -0.05) is 11.6 Å². The molecule has 1 rings (SSSR count). The van der Waals surface area contributed by atoms with Crippen molar-refractivity contribution < 1.29 is 17.9 Å². The van der Waals surface area contributed by atoms with Gasteiger partial charge in [0.2, 0.25) is 10.0 Å². The van der Waals surface area contributed by atoms with Crippen LogP contribution in [0.3, 0.4) is 0 Å². The van der Waals surface area contributed by atoms with E-state index in [4.69, 9.17) is 17.3 Å². The van der Waals surface area contributed by atoms with Crippen LogP contribution < -0.4 is 5.73 Å². The van der Waals surface area contributed by atoms with E-state index in [2.05, 4.69) is 4.74 Å². The molecule has 0 aliphatic rings. The molecule has 0 bridgehead atoms. The minimum Gasteiger partial charge on any atom is -0.468 e. The van der Waals surface area contributed by atoms with Crippen LogP contribution in [0.5, 0.6) is 0 Å². The fraction of sp³-hybridized carbons (Fsp3) is 0.462. The number of anilines is 1. The molecule has 1 aromatic rings. The van der Waals surface area contributed by atoms with Crippen molar-refractivity contribution in [2.45, 2.75) is 31.7 Å². The molecule has 0 heterocycles. The van der Waals surface area contributed by atoms with Gasteiger partial charge < -0.3 is 10.5 Å². The Morgan fingerprint density at radius 1 is 1.43 bits per heavy atom. The average molecular weight is 335 g/mol. The molecule has 0 radical (unpaired) electrons. The van der Waals surface area contributed by atoms with Crippen LogP contribution in [0.1, 0.15) is 19.4 Å². The van der Waals surface area contributed by atoms with Crippen LogP contribution in [0.25, 0.3) is 0 Å². The summed E-state index contributed by atoms with van der Waals surface area (Å²) in [6.07, 6.45) is 0. The second kappa shape index (κ2) is 6.64. The van der Waals surface area contributed by atoms with Crippen LogP contribution in [0, 0.1) is 6.92 Å². The predicted octanol–water partition coefficient (Wildman–Crippen LogP) is 1.80. The maximum atomic E-state index is 12.6. The van der Waals surface area contributed by atoms with E-state index in [0.29, 0.717) is 5.56 Å². The smallest absolute Gasteiger partial charge is 0.321 e. The Hall–Kier alpha value is -1.31. The van der Waals surface area contributed by atoms with E-state index < -0.39 is 22.0 Å². The number of hydrogen-bond donors (Lipinski definition) is 1. The zero-order chi connectivity index (χ0) is 16.4. The van der Waals surface area contributed by atoms with Crippen LogP contribution in [0.15, 0.2) is 17.0 Å². The van der Waals surface area contributed by atoms with Crippen molar-refractivity contribution in [3.05, 3.63) is 22.7 Å². The highest BCUT2D eigenvalue weighted by Gasteiger charge is 2.30. The molecule has 6 nitrogen and oxygen atoms in total. The third kappa shape index (κ3) is 3.87. The van der Waals surface area contributed by atoms with E-state index in [-0.39, 0.29) is 22.2 Å². The number of rotatable bonds is 5. The number of benzene rings is 1. The number of carbonyl (C=O) groups excluding carboxylic acids is 1. The third-order valence-electron chi connectivity index (χ3n) is 3.05. The summed E-state index contributed by atoms with van der Waals surface area (Å²) in [6, 6.07) is 2.24. The molecule has 0 atom stereocenters. The van der Waals surface area contributed by atoms with E-state index in [1.807, 2.05) is 0 Å². The van der Waals surface area contributed by atoms with E-state index in [1.165, 1.54) is 19.2 Å². The molecule has 0 aliphatic carbocycles. The van der Waals surface area contributed by atoms with Crippen molar-refractivity contribution in [3.8, 4) is 0 Å². The summed E-state index contributed by atoms with van der Waals surface area (Å²) < 4.78 is 30.9. The van der Waals surface area contributed by atoms with Gasteiger partial charge in [0, 0.05) is 16.8 Å². The Kier molecular flexibility index (Phi) is 5.61. The molecule has 0 saturated heterocycles. The largest absolute Gasteiger partial charge is 0.468 e. The first-order chi connectivity index (χ1) is 9.61. The second-order valence-electron chi connectivity index (χ2n) is 4.84. The van der Waals surface area contributed by atoms with E-state index in [0.717, 1.165) is 4.31 Å². The Bertz CT molecular complexity index is 621. The van der Waals surface area contributed by atoms with Gasteiger partial charge in [-0.2, -0.15) is 4.31 Å². The Morgan fingerprint density at radius 3 is 2.43 bits per heavy atom. The molecule has 0 aromatic heterocycles. The number of esters is 1. The summed E-state index contributed by atoms with van der Waals surface area (Å²) >= 11 is 5.99. The summed E-state index contributed by atoms with van der Waals surface area (Å²) in [7, 11) is -2.70. The molecule has 21 heavy (non-hydrogen) atoms. The minimum atomic E-state index is -3.90. The number of nitrogens with two attached hydrogens (primary N) is 1. The van der Waals surface area contributed by atoms with Crippen molar-refractivity contribution in [1.29, 1.82) is 0 Å². The van der Waals surface area contributed by atoms with E-state index in [9.17, 15) is 13.2 Å². The van der Waals surface area contributed by atoms with Gasteiger partial charge in [0.15, 0.2) is 0 Å². The second-order valence-corrected chi connectivity index (χ2v) is 7.14. The molecule has 2 N–H and O–H groups in total. The lowest BCUT2D eigenvalue weighted by molar-refractivity contribution is -0.141. The lowest BCUT2D eigenvalue weighted by Crippen LogP contribution is -2.41. The van der Waals surface area contributed by atoms with Gasteiger partial charge in [-0.3, -0.25) is 4.79 Å². The summed E-state index contributed by atoms with van der Waals surface area (Å²) in [6.45, 7) is 4.66. The first kappa shape index (κ1) is 17.7. The van der Waals surface area contributed by atoms with Gasteiger partial charge in [-0.25, -0.2) is 8.42 Å². The summed E-state index contributed by atoms with van der Waals surface area (Å²) in [5.41, 5.74) is 6.65. The molecule has 1 aromatic carbocycles. The fourth-order valence-electron chi connectivity index (χ4n) is 1.70. The van der Waals surface area contributed by atoms with Crippen LogP contribution in [-0.4, -0.2) is 38.4 Å². The van der Waals surface area contributed by atoms with Crippen molar-refractivity contribution in [2.75, 3.05) is 19.4 Å². The number of hydrogen-bond acceptors (Lipinski definition) is 5. The number of carbonyl (C=O) groups is 1. The van der Waals surface area contributed by atoms with Crippen LogP contribution in [0.4, 0.5) is 5.69 Å². The monoisotopic (exact) mass is 334 g/mol.